The molecule has 0 radical (unpaired) electrons. The van der Waals surface area contributed by atoms with Gasteiger partial charge in [-0.25, -0.2) is 0 Å². The summed E-state index contributed by atoms with van der Waals surface area (Å²) >= 11 is 1.71. The minimum atomic E-state index is -0.277. The van der Waals surface area contributed by atoms with Crippen molar-refractivity contribution in [3.05, 3.63) is 24.3 Å². The van der Waals surface area contributed by atoms with Crippen LogP contribution in [0.2, 0.25) is 0 Å². The largest absolute Gasteiger partial charge is 0.497 e. The van der Waals surface area contributed by atoms with Crippen LogP contribution in [0, 0.1) is 0 Å². The lowest BCUT2D eigenvalue weighted by Crippen LogP contribution is -2.17. The van der Waals surface area contributed by atoms with E-state index >= 15 is 0 Å². The summed E-state index contributed by atoms with van der Waals surface area (Å²) in [6, 6.07) is 7.53. The van der Waals surface area contributed by atoms with Gasteiger partial charge in [0.1, 0.15) is 11.5 Å². The van der Waals surface area contributed by atoms with Crippen LogP contribution in [0.1, 0.15) is 13.8 Å². The fraction of sp³-hybridized carbons (Fsp3) is 0.538. The molecule has 2 unspecified atom stereocenters. The maximum absolute atomic E-state index is 9.32. The van der Waals surface area contributed by atoms with E-state index in [4.69, 9.17) is 9.47 Å². The zero-order valence-corrected chi connectivity index (χ0v) is 11.4. The number of hydrogen-bond donors (Lipinski definition) is 1. The molecular formula is C13H20O3S. The molecule has 1 aromatic rings. The molecule has 17 heavy (non-hydrogen) atoms. The van der Waals surface area contributed by atoms with E-state index in [1.807, 2.05) is 38.1 Å². The number of hydrogen-bond acceptors (Lipinski definition) is 4. The highest BCUT2D eigenvalue weighted by molar-refractivity contribution is 7.99. The number of ether oxygens (including phenoxy) is 2. The van der Waals surface area contributed by atoms with Crippen LogP contribution in [0.3, 0.4) is 0 Å². The van der Waals surface area contributed by atoms with E-state index in [9.17, 15) is 5.11 Å². The van der Waals surface area contributed by atoms with Crippen molar-refractivity contribution in [2.45, 2.75) is 25.2 Å². The Balaban J connectivity index is 2.22. The number of thioether (sulfide) groups is 1. The molecule has 4 heteroatoms. The molecule has 0 heterocycles. The third kappa shape index (κ3) is 5.33. The van der Waals surface area contributed by atoms with Crippen LogP contribution < -0.4 is 9.47 Å². The van der Waals surface area contributed by atoms with E-state index in [1.165, 1.54) is 0 Å². The van der Waals surface area contributed by atoms with Crippen molar-refractivity contribution in [3.8, 4) is 11.5 Å². The van der Waals surface area contributed by atoms with Crippen molar-refractivity contribution in [1.29, 1.82) is 0 Å². The van der Waals surface area contributed by atoms with Crippen molar-refractivity contribution in [3.63, 3.8) is 0 Å². The highest BCUT2D eigenvalue weighted by Crippen LogP contribution is 2.18. The Morgan fingerprint density at radius 1 is 1.18 bits per heavy atom. The fourth-order valence-corrected chi connectivity index (χ4v) is 2.03. The average Bonchev–Trinajstić information content (AvgIpc) is 2.35. The summed E-state index contributed by atoms with van der Waals surface area (Å²) in [5, 5.41) is 9.56. The SMILES string of the molecule is COc1ccc(OCCSC(C)C(C)O)cc1. The van der Waals surface area contributed by atoms with Crippen molar-refractivity contribution >= 4 is 11.8 Å². The van der Waals surface area contributed by atoms with Crippen LogP contribution >= 0.6 is 11.8 Å². The zero-order valence-electron chi connectivity index (χ0n) is 10.6. The predicted molar refractivity (Wildman–Crippen MR) is 72.1 cm³/mol. The van der Waals surface area contributed by atoms with E-state index in [0.29, 0.717) is 6.61 Å². The highest BCUT2D eigenvalue weighted by atomic mass is 32.2. The van der Waals surface area contributed by atoms with E-state index in [-0.39, 0.29) is 11.4 Å². The second-order valence-electron chi connectivity index (χ2n) is 3.84. The Hall–Kier alpha value is -0.870. The van der Waals surface area contributed by atoms with Crippen LogP contribution in [-0.4, -0.2) is 35.9 Å². The quantitative estimate of drug-likeness (QED) is 0.761. The molecule has 3 nitrogen and oxygen atoms in total. The van der Waals surface area contributed by atoms with E-state index in [1.54, 1.807) is 18.9 Å². The topological polar surface area (TPSA) is 38.7 Å². The van der Waals surface area contributed by atoms with Crippen LogP contribution in [-0.2, 0) is 0 Å². The van der Waals surface area contributed by atoms with Gasteiger partial charge in [0.25, 0.3) is 0 Å². The zero-order chi connectivity index (χ0) is 12.7. The van der Waals surface area contributed by atoms with Gasteiger partial charge in [0.2, 0.25) is 0 Å². The summed E-state index contributed by atoms with van der Waals surface area (Å²) in [6.07, 6.45) is -0.277. The molecule has 0 aliphatic rings. The van der Waals surface area contributed by atoms with Gasteiger partial charge in [-0.05, 0) is 31.2 Å². The molecule has 0 amide bonds. The summed E-state index contributed by atoms with van der Waals surface area (Å²) in [6.45, 7) is 4.47. The molecule has 0 bridgehead atoms. The summed E-state index contributed by atoms with van der Waals surface area (Å²) < 4.78 is 10.6. The van der Waals surface area contributed by atoms with E-state index < -0.39 is 0 Å². The lowest BCUT2D eigenvalue weighted by atomic mass is 10.3. The Bertz CT molecular complexity index is 311. The number of rotatable bonds is 7. The molecule has 0 saturated carbocycles. The fourth-order valence-electron chi connectivity index (χ4n) is 1.20. The number of methoxy groups -OCH3 is 1. The van der Waals surface area contributed by atoms with Crippen molar-refractivity contribution in [2.24, 2.45) is 0 Å². The highest BCUT2D eigenvalue weighted by Gasteiger charge is 2.08. The molecule has 0 aromatic heterocycles. The second kappa shape index (κ2) is 7.45. The van der Waals surface area contributed by atoms with E-state index in [2.05, 4.69) is 0 Å². The van der Waals surface area contributed by atoms with Crippen molar-refractivity contribution < 1.29 is 14.6 Å². The molecule has 0 fully saturated rings. The van der Waals surface area contributed by atoms with Gasteiger partial charge >= 0.3 is 0 Å². The smallest absolute Gasteiger partial charge is 0.119 e. The van der Waals surface area contributed by atoms with Gasteiger partial charge in [0, 0.05) is 11.0 Å². The van der Waals surface area contributed by atoms with E-state index in [0.717, 1.165) is 17.3 Å². The Morgan fingerprint density at radius 2 is 1.76 bits per heavy atom. The van der Waals surface area contributed by atoms with Crippen LogP contribution in [0.4, 0.5) is 0 Å². The molecule has 1 aromatic carbocycles. The third-order valence-electron chi connectivity index (χ3n) is 2.47. The standard InChI is InChI=1S/C13H20O3S/c1-10(14)11(2)17-9-8-16-13-6-4-12(15-3)5-7-13/h4-7,10-11,14H,8-9H2,1-3H3. The molecule has 96 valence electrons. The predicted octanol–water partition coefficient (Wildman–Crippen LogP) is 2.58. The molecule has 0 aliphatic heterocycles. The molecule has 0 spiro atoms. The number of aliphatic hydroxyl groups excluding tert-OH is 1. The van der Waals surface area contributed by atoms with Crippen molar-refractivity contribution in [1.82, 2.24) is 0 Å². The third-order valence-corrected chi connectivity index (χ3v) is 3.79. The normalized spacial score (nSPS) is 14.1. The van der Waals surface area contributed by atoms with Gasteiger partial charge in [-0.1, -0.05) is 6.92 Å². The van der Waals surface area contributed by atoms with Gasteiger partial charge in [-0.2, -0.15) is 11.8 Å². The first-order chi connectivity index (χ1) is 8.13. The number of benzene rings is 1. The summed E-state index contributed by atoms with van der Waals surface area (Å²) in [5.41, 5.74) is 0. The van der Waals surface area contributed by atoms with Crippen molar-refractivity contribution in [2.75, 3.05) is 19.5 Å². The second-order valence-corrected chi connectivity index (χ2v) is 5.33. The first-order valence-corrected chi connectivity index (χ1v) is 6.75. The van der Waals surface area contributed by atoms with Gasteiger partial charge in [-0.3, -0.25) is 0 Å². The Labute approximate surface area is 107 Å². The Morgan fingerprint density at radius 3 is 2.29 bits per heavy atom. The van der Waals surface area contributed by atoms with Gasteiger partial charge < -0.3 is 14.6 Å². The molecule has 2 atom stereocenters. The van der Waals surface area contributed by atoms with Crippen LogP contribution in [0.15, 0.2) is 24.3 Å². The Kier molecular flexibility index (Phi) is 6.22. The first kappa shape index (κ1) is 14.2. The van der Waals surface area contributed by atoms with Gasteiger partial charge in [0.15, 0.2) is 0 Å². The minimum absolute atomic E-state index is 0.245. The summed E-state index contributed by atoms with van der Waals surface area (Å²) in [7, 11) is 1.64. The van der Waals surface area contributed by atoms with Gasteiger partial charge in [0.05, 0.1) is 19.8 Å². The molecule has 1 N–H and O–H groups in total. The lowest BCUT2D eigenvalue weighted by molar-refractivity contribution is 0.196. The summed E-state index contributed by atoms with van der Waals surface area (Å²) in [5.74, 6) is 2.54. The minimum Gasteiger partial charge on any atom is -0.497 e. The van der Waals surface area contributed by atoms with Gasteiger partial charge in [-0.15, -0.1) is 0 Å². The molecular weight excluding hydrogens is 236 g/mol. The maximum Gasteiger partial charge on any atom is 0.119 e. The van der Waals surface area contributed by atoms with Crippen LogP contribution in [0.5, 0.6) is 11.5 Å². The lowest BCUT2D eigenvalue weighted by Gasteiger charge is -2.14. The maximum atomic E-state index is 9.32. The molecule has 0 saturated heterocycles. The molecule has 0 aliphatic carbocycles. The first-order valence-electron chi connectivity index (χ1n) is 5.70. The molecule has 1 rings (SSSR count). The average molecular weight is 256 g/mol. The number of aliphatic hydroxyl groups is 1. The monoisotopic (exact) mass is 256 g/mol. The van der Waals surface area contributed by atoms with Crippen LogP contribution in [0.25, 0.3) is 0 Å². The summed E-state index contributed by atoms with van der Waals surface area (Å²) in [4.78, 5) is 0.